The van der Waals surface area contributed by atoms with Crippen LogP contribution >= 0.6 is 0 Å². The third-order valence-corrected chi connectivity index (χ3v) is 7.07. The Morgan fingerprint density at radius 3 is 2.62 bits per heavy atom. The number of ether oxygens (including phenoxy) is 2. The van der Waals surface area contributed by atoms with Gasteiger partial charge in [0, 0.05) is 50.8 Å². The molecule has 8 nitrogen and oxygen atoms in total. The molecule has 0 spiro atoms. The summed E-state index contributed by atoms with van der Waals surface area (Å²) < 4.78 is 10.9. The number of nitrogens with zero attached hydrogens (tertiary/aromatic N) is 4. The second-order valence-electron chi connectivity index (χ2n) is 9.61. The van der Waals surface area contributed by atoms with E-state index in [-0.39, 0.29) is 24.3 Å². The molecule has 182 valence electrons. The zero-order valence-electron chi connectivity index (χ0n) is 20.3. The van der Waals surface area contributed by atoms with Gasteiger partial charge in [-0.1, -0.05) is 25.1 Å². The number of rotatable bonds is 6. The van der Waals surface area contributed by atoms with E-state index in [1.807, 2.05) is 43.0 Å². The molecule has 0 saturated carbocycles. The van der Waals surface area contributed by atoms with Crippen LogP contribution in [-0.2, 0) is 14.3 Å². The minimum Gasteiger partial charge on any atom is -0.437 e. The van der Waals surface area contributed by atoms with E-state index in [0.717, 1.165) is 36.4 Å². The largest absolute Gasteiger partial charge is 0.437 e. The standard InChI is InChI=1S/C26H34N4O4/c1-19-7-4-5-9-22(19)34-23-16-27-15-21(28-23)20-8-6-12-30(17-20)25(32)26(2)10-13-29(14-11-26)24(31)18-33-3/h4-5,7,9,15-16,20H,6,8,10-14,17-18H2,1-3H3/t20-/m0/s1. The van der Waals surface area contributed by atoms with Gasteiger partial charge in [-0.05, 0) is 44.2 Å². The van der Waals surface area contributed by atoms with E-state index < -0.39 is 5.41 Å². The molecule has 4 rings (SSSR count). The van der Waals surface area contributed by atoms with E-state index in [2.05, 4.69) is 4.98 Å². The summed E-state index contributed by atoms with van der Waals surface area (Å²) in [5.74, 6) is 1.52. The van der Waals surface area contributed by atoms with Crippen molar-refractivity contribution in [2.45, 2.75) is 45.4 Å². The first-order valence-corrected chi connectivity index (χ1v) is 12.0. The maximum absolute atomic E-state index is 13.5. The molecule has 0 N–H and O–H groups in total. The smallest absolute Gasteiger partial charge is 0.248 e. The summed E-state index contributed by atoms with van der Waals surface area (Å²) in [7, 11) is 1.52. The average Bonchev–Trinajstić information content (AvgIpc) is 2.86. The van der Waals surface area contributed by atoms with Gasteiger partial charge in [-0.3, -0.25) is 14.6 Å². The summed E-state index contributed by atoms with van der Waals surface area (Å²) in [5.41, 5.74) is 1.44. The van der Waals surface area contributed by atoms with Crippen LogP contribution in [0, 0.1) is 12.3 Å². The Morgan fingerprint density at radius 2 is 1.88 bits per heavy atom. The van der Waals surface area contributed by atoms with Gasteiger partial charge in [0.25, 0.3) is 0 Å². The molecular formula is C26H34N4O4. The second kappa shape index (κ2) is 10.5. The highest BCUT2D eigenvalue weighted by Gasteiger charge is 2.41. The van der Waals surface area contributed by atoms with E-state index in [1.165, 1.54) is 7.11 Å². The van der Waals surface area contributed by atoms with Gasteiger partial charge in [0.15, 0.2) is 0 Å². The summed E-state index contributed by atoms with van der Waals surface area (Å²) in [4.78, 5) is 38.5. The second-order valence-corrected chi connectivity index (χ2v) is 9.61. The van der Waals surface area contributed by atoms with Crippen LogP contribution in [0.15, 0.2) is 36.7 Å². The van der Waals surface area contributed by atoms with E-state index in [9.17, 15) is 9.59 Å². The van der Waals surface area contributed by atoms with Gasteiger partial charge in [-0.25, -0.2) is 4.98 Å². The lowest BCUT2D eigenvalue weighted by Crippen LogP contribution is -2.52. The molecule has 34 heavy (non-hydrogen) atoms. The molecule has 2 aliphatic rings. The summed E-state index contributed by atoms with van der Waals surface area (Å²) in [5, 5.41) is 0. The van der Waals surface area contributed by atoms with E-state index in [4.69, 9.17) is 14.5 Å². The predicted octanol–water partition coefficient (Wildman–Crippen LogP) is 3.56. The number of hydrogen-bond acceptors (Lipinski definition) is 6. The van der Waals surface area contributed by atoms with Crippen LogP contribution in [0.5, 0.6) is 11.6 Å². The lowest BCUT2D eigenvalue weighted by molar-refractivity contribution is -0.149. The number of carbonyl (C=O) groups excluding carboxylic acids is 2. The summed E-state index contributed by atoms with van der Waals surface area (Å²) in [6, 6.07) is 7.82. The molecule has 2 aromatic rings. The maximum atomic E-state index is 13.5. The van der Waals surface area contributed by atoms with Gasteiger partial charge >= 0.3 is 0 Å². The Labute approximate surface area is 201 Å². The van der Waals surface area contributed by atoms with Gasteiger partial charge in [0.05, 0.1) is 11.9 Å². The van der Waals surface area contributed by atoms with Crippen LogP contribution in [0.3, 0.4) is 0 Å². The molecule has 2 amide bonds. The monoisotopic (exact) mass is 466 g/mol. The van der Waals surface area contributed by atoms with E-state index >= 15 is 0 Å². The van der Waals surface area contributed by atoms with Gasteiger partial charge in [-0.15, -0.1) is 0 Å². The summed E-state index contributed by atoms with van der Waals surface area (Å²) in [6.45, 7) is 6.68. The van der Waals surface area contributed by atoms with Crippen LogP contribution in [0.2, 0.25) is 0 Å². The molecule has 0 aliphatic carbocycles. The zero-order valence-corrected chi connectivity index (χ0v) is 20.3. The third kappa shape index (κ3) is 5.38. The van der Waals surface area contributed by atoms with Crippen molar-refractivity contribution in [2.75, 3.05) is 39.9 Å². The number of carbonyl (C=O) groups is 2. The topological polar surface area (TPSA) is 84.9 Å². The minimum absolute atomic E-state index is 0.0126. The van der Waals surface area contributed by atoms with Gasteiger partial charge in [-0.2, -0.15) is 0 Å². The summed E-state index contributed by atoms with van der Waals surface area (Å²) >= 11 is 0. The Hall–Kier alpha value is -3.00. The molecule has 0 radical (unpaired) electrons. The van der Waals surface area contributed by atoms with Crippen molar-refractivity contribution in [1.29, 1.82) is 0 Å². The minimum atomic E-state index is -0.451. The average molecular weight is 467 g/mol. The third-order valence-electron chi connectivity index (χ3n) is 7.07. The Kier molecular flexibility index (Phi) is 7.46. The van der Waals surface area contributed by atoms with Gasteiger partial charge in [0.2, 0.25) is 17.7 Å². The zero-order chi connectivity index (χ0) is 24.1. The Balaban J connectivity index is 1.40. The normalized spacial score (nSPS) is 20.1. The number of methoxy groups -OCH3 is 1. The molecule has 0 bridgehead atoms. The quantitative estimate of drug-likeness (QED) is 0.647. The fourth-order valence-electron chi connectivity index (χ4n) is 4.85. The SMILES string of the molecule is COCC(=O)N1CCC(C)(C(=O)N2CCC[C@H](c3cncc(Oc4ccccc4C)n3)C2)CC1. The number of aromatic nitrogens is 2. The van der Waals surface area contributed by atoms with Crippen LogP contribution in [0.25, 0.3) is 0 Å². The fourth-order valence-corrected chi connectivity index (χ4v) is 4.85. The number of benzene rings is 1. The Morgan fingerprint density at radius 1 is 1.12 bits per heavy atom. The van der Waals surface area contributed by atoms with E-state index in [1.54, 1.807) is 17.3 Å². The first kappa shape index (κ1) is 24.1. The molecular weight excluding hydrogens is 432 g/mol. The lowest BCUT2D eigenvalue weighted by Gasteiger charge is -2.43. The maximum Gasteiger partial charge on any atom is 0.248 e. The molecule has 1 aromatic heterocycles. The predicted molar refractivity (Wildman–Crippen MR) is 128 cm³/mol. The molecule has 2 fully saturated rings. The van der Waals surface area contributed by atoms with Crippen molar-refractivity contribution in [3.63, 3.8) is 0 Å². The highest BCUT2D eigenvalue weighted by molar-refractivity contribution is 5.83. The van der Waals surface area contributed by atoms with Crippen molar-refractivity contribution in [2.24, 2.45) is 5.41 Å². The number of hydrogen-bond donors (Lipinski definition) is 0. The molecule has 2 saturated heterocycles. The molecule has 1 aromatic carbocycles. The van der Waals surface area contributed by atoms with Crippen molar-refractivity contribution in [3.8, 4) is 11.6 Å². The number of para-hydroxylation sites is 1. The first-order valence-electron chi connectivity index (χ1n) is 12.0. The van der Waals surface area contributed by atoms with Crippen molar-refractivity contribution in [3.05, 3.63) is 47.9 Å². The molecule has 0 unspecified atom stereocenters. The first-order chi connectivity index (χ1) is 16.4. The number of likely N-dealkylation sites (tertiary alicyclic amines) is 2. The fraction of sp³-hybridized carbons (Fsp3) is 0.538. The molecule has 8 heteroatoms. The lowest BCUT2D eigenvalue weighted by atomic mass is 9.78. The van der Waals surface area contributed by atoms with Crippen molar-refractivity contribution < 1.29 is 19.1 Å². The van der Waals surface area contributed by atoms with Crippen LogP contribution < -0.4 is 4.74 Å². The molecule has 1 atom stereocenters. The number of amides is 2. The van der Waals surface area contributed by atoms with Crippen molar-refractivity contribution >= 4 is 11.8 Å². The highest BCUT2D eigenvalue weighted by Crippen LogP contribution is 2.36. The van der Waals surface area contributed by atoms with E-state index in [0.29, 0.717) is 38.4 Å². The van der Waals surface area contributed by atoms with Crippen LogP contribution in [0.4, 0.5) is 0 Å². The van der Waals surface area contributed by atoms with Crippen molar-refractivity contribution in [1.82, 2.24) is 19.8 Å². The van der Waals surface area contributed by atoms with Crippen LogP contribution in [-0.4, -0.2) is 71.5 Å². The number of aryl methyl sites for hydroxylation is 1. The Bertz CT molecular complexity index is 1020. The summed E-state index contributed by atoms with van der Waals surface area (Å²) in [6.07, 6.45) is 6.63. The van der Waals surface area contributed by atoms with Gasteiger partial charge in [0.1, 0.15) is 12.4 Å². The van der Waals surface area contributed by atoms with Gasteiger partial charge < -0.3 is 19.3 Å². The number of piperidine rings is 2. The molecule has 2 aliphatic heterocycles. The molecule has 3 heterocycles. The van der Waals surface area contributed by atoms with Crippen LogP contribution in [0.1, 0.15) is 49.8 Å². The highest BCUT2D eigenvalue weighted by atomic mass is 16.5.